The Hall–Kier alpha value is -0.370. The lowest BCUT2D eigenvalue weighted by atomic mass is 9.70. The van der Waals surface area contributed by atoms with Crippen molar-refractivity contribution >= 4 is 5.78 Å². The van der Waals surface area contributed by atoms with E-state index in [-0.39, 0.29) is 6.10 Å². The monoisotopic (exact) mass is 224 g/mol. The number of fused-ring (bicyclic) bond motifs is 1. The van der Waals surface area contributed by atoms with E-state index in [2.05, 4.69) is 0 Å². The number of unbranched alkanes of at least 4 members (excludes halogenated alkanes) is 1. The third kappa shape index (κ3) is 2.48. The van der Waals surface area contributed by atoms with Crippen molar-refractivity contribution in [2.24, 2.45) is 17.8 Å². The van der Waals surface area contributed by atoms with Gasteiger partial charge in [-0.2, -0.15) is 0 Å². The van der Waals surface area contributed by atoms with E-state index < -0.39 is 0 Å². The van der Waals surface area contributed by atoms with Crippen LogP contribution in [0.4, 0.5) is 0 Å². The fourth-order valence-electron chi connectivity index (χ4n) is 3.48. The van der Waals surface area contributed by atoms with Crippen LogP contribution in [0.3, 0.4) is 0 Å². The number of carbonyl (C=O) groups excluding carboxylic acids is 1. The maximum absolute atomic E-state index is 11.5. The largest absolute Gasteiger partial charge is 0.393 e. The molecule has 2 aliphatic rings. The van der Waals surface area contributed by atoms with Gasteiger partial charge in [-0.3, -0.25) is 4.79 Å². The van der Waals surface area contributed by atoms with Crippen LogP contribution in [-0.4, -0.2) is 17.0 Å². The van der Waals surface area contributed by atoms with Crippen LogP contribution in [0.15, 0.2) is 0 Å². The van der Waals surface area contributed by atoms with E-state index in [1.54, 1.807) is 0 Å². The molecule has 2 saturated carbocycles. The van der Waals surface area contributed by atoms with Crippen LogP contribution >= 0.6 is 0 Å². The molecule has 0 amide bonds. The smallest absolute Gasteiger partial charge is 0.136 e. The van der Waals surface area contributed by atoms with Crippen molar-refractivity contribution in [2.75, 3.05) is 0 Å². The summed E-state index contributed by atoms with van der Waals surface area (Å²) in [5.74, 6) is 2.40. The third-order valence-electron chi connectivity index (χ3n) is 4.59. The van der Waals surface area contributed by atoms with Crippen LogP contribution in [0.25, 0.3) is 0 Å². The fraction of sp³-hybridized carbons (Fsp3) is 0.929. The molecule has 4 atom stereocenters. The Kier molecular flexibility index (Phi) is 4.01. The van der Waals surface area contributed by atoms with Crippen LogP contribution in [0.1, 0.15) is 58.3 Å². The van der Waals surface area contributed by atoms with E-state index in [1.165, 1.54) is 25.7 Å². The molecular formula is C14H24O2. The second-order valence-electron chi connectivity index (χ2n) is 5.64. The lowest BCUT2D eigenvalue weighted by Gasteiger charge is -2.32. The zero-order valence-corrected chi connectivity index (χ0v) is 10.3. The molecule has 92 valence electrons. The molecule has 0 radical (unpaired) electrons. The molecule has 2 aliphatic carbocycles. The van der Waals surface area contributed by atoms with Gasteiger partial charge in [-0.1, -0.05) is 19.8 Å². The van der Waals surface area contributed by atoms with Gasteiger partial charge in [0.15, 0.2) is 0 Å². The van der Waals surface area contributed by atoms with Gasteiger partial charge in [-0.05, 0) is 43.9 Å². The lowest BCUT2D eigenvalue weighted by Crippen LogP contribution is -2.36. The normalized spacial score (nSPS) is 34.6. The highest BCUT2D eigenvalue weighted by Crippen LogP contribution is 2.49. The molecule has 2 heteroatoms. The molecule has 1 N–H and O–H groups in total. The van der Waals surface area contributed by atoms with Crippen molar-refractivity contribution in [1.29, 1.82) is 0 Å². The van der Waals surface area contributed by atoms with Crippen molar-refractivity contribution in [3.05, 3.63) is 0 Å². The van der Waals surface area contributed by atoms with Crippen LogP contribution in [0.2, 0.25) is 0 Å². The Balaban J connectivity index is 1.62. The summed E-state index contributed by atoms with van der Waals surface area (Å²) in [7, 11) is 0. The standard InChI is InChI=1S/C14H24O2/c1-2-12(15)6-4-3-5-10-7-8-11-9-13(16)14(10)11/h10-12,14-15H,2-9H2,1H3. The quantitative estimate of drug-likeness (QED) is 0.704. The average Bonchev–Trinajstić information content (AvgIpc) is 2.60. The minimum atomic E-state index is -0.110. The maximum Gasteiger partial charge on any atom is 0.136 e. The van der Waals surface area contributed by atoms with Gasteiger partial charge in [0.1, 0.15) is 5.78 Å². The predicted molar refractivity (Wildman–Crippen MR) is 64.1 cm³/mol. The number of carbonyl (C=O) groups is 1. The van der Waals surface area contributed by atoms with Gasteiger partial charge in [0.2, 0.25) is 0 Å². The Morgan fingerprint density at radius 3 is 2.88 bits per heavy atom. The van der Waals surface area contributed by atoms with Gasteiger partial charge in [0.05, 0.1) is 6.10 Å². The highest BCUT2D eigenvalue weighted by molar-refractivity contribution is 5.88. The van der Waals surface area contributed by atoms with E-state index in [9.17, 15) is 9.90 Å². The van der Waals surface area contributed by atoms with Crippen LogP contribution in [0.5, 0.6) is 0 Å². The second-order valence-corrected chi connectivity index (χ2v) is 5.64. The Labute approximate surface area is 98.4 Å². The first-order valence-electron chi connectivity index (χ1n) is 6.93. The van der Waals surface area contributed by atoms with E-state index in [1.807, 2.05) is 6.92 Å². The van der Waals surface area contributed by atoms with Gasteiger partial charge < -0.3 is 5.11 Å². The molecule has 0 aromatic rings. The summed E-state index contributed by atoms with van der Waals surface area (Å²) >= 11 is 0. The molecule has 0 aromatic heterocycles. The first-order chi connectivity index (χ1) is 7.72. The Bertz CT molecular complexity index is 249. The predicted octanol–water partition coefficient (Wildman–Crippen LogP) is 2.93. The maximum atomic E-state index is 11.5. The zero-order valence-electron chi connectivity index (χ0n) is 10.3. The lowest BCUT2D eigenvalue weighted by molar-refractivity contribution is -0.134. The zero-order chi connectivity index (χ0) is 11.5. The minimum absolute atomic E-state index is 0.110. The van der Waals surface area contributed by atoms with E-state index >= 15 is 0 Å². The summed E-state index contributed by atoms with van der Waals surface area (Å²) in [5, 5.41) is 9.44. The molecule has 2 nitrogen and oxygen atoms in total. The molecule has 0 saturated heterocycles. The van der Waals surface area contributed by atoms with E-state index in [0.717, 1.165) is 31.6 Å². The van der Waals surface area contributed by atoms with Gasteiger partial charge in [-0.15, -0.1) is 0 Å². The van der Waals surface area contributed by atoms with Gasteiger partial charge in [0, 0.05) is 12.3 Å². The van der Waals surface area contributed by atoms with Crippen LogP contribution in [-0.2, 0) is 4.79 Å². The molecule has 4 unspecified atom stereocenters. The van der Waals surface area contributed by atoms with Crippen molar-refractivity contribution in [2.45, 2.75) is 64.4 Å². The van der Waals surface area contributed by atoms with E-state index in [0.29, 0.717) is 17.6 Å². The summed E-state index contributed by atoms with van der Waals surface area (Å²) in [6, 6.07) is 0. The molecule has 0 aromatic carbocycles. The molecule has 0 spiro atoms. The third-order valence-corrected chi connectivity index (χ3v) is 4.59. The number of hydrogen-bond acceptors (Lipinski definition) is 2. The molecule has 16 heavy (non-hydrogen) atoms. The Morgan fingerprint density at radius 1 is 1.38 bits per heavy atom. The summed E-state index contributed by atoms with van der Waals surface area (Å²) < 4.78 is 0. The number of Topliss-reactive ketones (excluding diaryl/α,β-unsaturated/α-hetero) is 1. The number of rotatable bonds is 6. The molecule has 2 fully saturated rings. The van der Waals surface area contributed by atoms with E-state index in [4.69, 9.17) is 0 Å². The highest BCUT2D eigenvalue weighted by Gasteiger charge is 2.48. The number of aliphatic hydroxyl groups excluding tert-OH is 1. The van der Waals surface area contributed by atoms with Gasteiger partial charge in [-0.25, -0.2) is 0 Å². The van der Waals surface area contributed by atoms with Gasteiger partial charge in [0.25, 0.3) is 0 Å². The summed E-state index contributed by atoms with van der Waals surface area (Å²) in [5.41, 5.74) is 0. The minimum Gasteiger partial charge on any atom is -0.393 e. The van der Waals surface area contributed by atoms with Crippen molar-refractivity contribution in [3.63, 3.8) is 0 Å². The molecule has 0 bridgehead atoms. The molecule has 0 heterocycles. The fourth-order valence-corrected chi connectivity index (χ4v) is 3.48. The number of hydrogen-bond donors (Lipinski definition) is 1. The second kappa shape index (κ2) is 5.31. The van der Waals surface area contributed by atoms with Crippen LogP contribution in [0, 0.1) is 17.8 Å². The van der Waals surface area contributed by atoms with Gasteiger partial charge >= 0.3 is 0 Å². The molecular weight excluding hydrogens is 200 g/mol. The summed E-state index contributed by atoms with van der Waals surface area (Å²) in [6.07, 6.45) is 8.66. The first-order valence-corrected chi connectivity index (χ1v) is 6.93. The molecule has 0 aliphatic heterocycles. The first kappa shape index (κ1) is 12.1. The summed E-state index contributed by atoms with van der Waals surface area (Å²) in [4.78, 5) is 11.5. The Morgan fingerprint density at radius 2 is 2.19 bits per heavy atom. The summed E-state index contributed by atoms with van der Waals surface area (Å²) in [6.45, 7) is 2.03. The van der Waals surface area contributed by atoms with Crippen molar-refractivity contribution in [1.82, 2.24) is 0 Å². The average molecular weight is 224 g/mol. The topological polar surface area (TPSA) is 37.3 Å². The van der Waals surface area contributed by atoms with Crippen molar-refractivity contribution in [3.8, 4) is 0 Å². The van der Waals surface area contributed by atoms with Crippen LogP contribution < -0.4 is 0 Å². The highest BCUT2D eigenvalue weighted by atomic mass is 16.3. The SMILES string of the molecule is CCC(O)CCCCC1CCC2CC(=O)C12. The molecule has 2 rings (SSSR count). The number of aliphatic hydroxyl groups is 1. The number of ketones is 1. The van der Waals surface area contributed by atoms with Crippen molar-refractivity contribution < 1.29 is 9.90 Å².